The number of esters is 1. The van der Waals surface area contributed by atoms with Crippen molar-refractivity contribution in [2.24, 2.45) is 5.92 Å². The zero-order chi connectivity index (χ0) is 15.2. The fourth-order valence-electron chi connectivity index (χ4n) is 2.52. The van der Waals surface area contributed by atoms with Crippen LogP contribution in [0, 0.1) is 5.92 Å². The van der Waals surface area contributed by atoms with Crippen LogP contribution in [0.5, 0.6) is 0 Å². The van der Waals surface area contributed by atoms with E-state index in [1.165, 1.54) is 6.54 Å². The molecule has 0 spiro atoms. The summed E-state index contributed by atoms with van der Waals surface area (Å²) in [7, 11) is 0. The second kappa shape index (κ2) is 7.75. The number of rotatable bonds is 6. The normalized spacial score (nSPS) is 16.5. The molecule has 0 N–H and O–H groups in total. The number of nitrogens with zero attached hydrogens (tertiary/aromatic N) is 3. The minimum atomic E-state index is -0.198. The van der Waals surface area contributed by atoms with Gasteiger partial charge in [-0.2, -0.15) is 0 Å². The predicted molar refractivity (Wildman–Crippen MR) is 85.9 cm³/mol. The van der Waals surface area contributed by atoms with E-state index in [1.54, 1.807) is 11.3 Å². The highest BCUT2D eigenvalue weighted by Crippen LogP contribution is 2.22. The van der Waals surface area contributed by atoms with E-state index >= 15 is 0 Å². The van der Waals surface area contributed by atoms with Crippen LogP contribution in [0.25, 0.3) is 0 Å². The molecule has 6 heteroatoms. The monoisotopic (exact) mass is 311 g/mol. The lowest BCUT2D eigenvalue weighted by molar-refractivity contribution is -0.142. The van der Waals surface area contributed by atoms with Gasteiger partial charge in [-0.05, 0) is 12.8 Å². The van der Waals surface area contributed by atoms with Gasteiger partial charge in [-0.15, -0.1) is 11.3 Å². The van der Waals surface area contributed by atoms with Gasteiger partial charge in [-0.3, -0.25) is 9.69 Å². The predicted octanol–water partition coefficient (Wildman–Crippen LogP) is 2.03. The van der Waals surface area contributed by atoms with Crippen LogP contribution < -0.4 is 4.90 Å². The molecule has 1 saturated heterocycles. The molecule has 5 nitrogen and oxygen atoms in total. The third-order valence-electron chi connectivity index (χ3n) is 3.44. The van der Waals surface area contributed by atoms with E-state index in [0.29, 0.717) is 12.5 Å². The molecule has 0 bridgehead atoms. The summed E-state index contributed by atoms with van der Waals surface area (Å²) in [6.45, 7) is 12.1. The smallest absolute Gasteiger partial charge is 0.311 e. The van der Waals surface area contributed by atoms with Crippen molar-refractivity contribution < 1.29 is 9.53 Å². The highest BCUT2D eigenvalue weighted by atomic mass is 32.1. The minimum absolute atomic E-state index is 0.198. The van der Waals surface area contributed by atoms with Gasteiger partial charge in [0.05, 0.1) is 18.7 Å². The van der Waals surface area contributed by atoms with Crippen LogP contribution >= 0.6 is 11.3 Å². The van der Waals surface area contributed by atoms with Crippen molar-refractivity contribution in [3.63, 3.8) is 0 Å². The Labute approximate surface area is 130 Å². The number of aromatic nitrogens is 1. The lowest BCUT2D eigenvalue weighted by Crippen LogP contribution is -2.47. The molecule has 1 aromatic rings. The quantitative estimate of drug-likeness (QED) is 0.752. The SMILES string of the molecule is CCOC(=O)Cc1csc(N2CCN(CC(C)C)CC2)n1. The highest BCUT2D eigenvalue weighted by molar-refractivity contribution is 7.13. The molecule has 0 aromatic carbocycles. The maximum absolute atomic E-state index is 11.5. The van der Waals surface area contributed by atoms with Crippen molar-refractivity contribution in [2.75, 3.05) is 44.2 Å². The van der Waals surface area contributed by atoms with E-state index in [9.17, 15) is 4.79 Å². The Hall–Kier alpha value is -1.14. The van der Waals surface area contributed by atoms with Crippen LogP contribution in [0.2, 0.25) is 0 Å². The van der Waals surface area contributed by atoms with E-state index < -0.39 is 0 Å². The maximum Gasteiger partial charge on any atom is 0.311 e. The largest absolute Gasteiger partial charge is 0.466 e. The zero-order valence-electron chi connectivity index (χ0n) is 13.2. The molecule has 0 unspecified atom stereocenters. The number of hydrogen-bond acceptors (Lipinski definition) is 6. The number of carbonyl (C=O) groups is 1. The molecule has 0 aliphatic carbocycles. The van der Waals surface area contributed by atoms with Crippen molar-refractivity contribution >= 4 is 22.4 Å². The van der Waals surface area contributed by atoms with E-state index in [4.69, 9.17) is 4.74 Å². The number of anilines is 1. The summed E-state index contributed by atoms with van der Waals surface area (Å²) in [6, 6.07) is 0. The minimum Gasteiger partial charge on any atom is -0.466 e. The van der Waals surface area contributed by atoms with Gasteiger partial charge >= 0.3 is 5.97 Å². The van der Waals surface area contributed by atoms with Gasteiger partial charge in [0.25, 0.3) is 0 Å². The van der Waals surface area contributed by atoms with Crippen LogP contribution in [-0.4, -0.2) is 55.2 Å². The lowest BCUT2D eigenvalue weighted by atomic mass is 10.2. The summed E-state index contributed by atoms with van der Waals surface area (Å²) in [4.78, 5) is 20.9. The first-order valence-corrected chi connectivity index (χ1v) is 8.53. The summed E-state index contributed by atoms with van der Waals surface area (Å²) in [5, 5.41) is 2.99. The van der Waals surface area contributed by atoms with Crippen LogP contribution in [0.15, 0.2) is 5.38 Å². The van der Waals surface area contributed by atoms with Gasteiger partial charge in [-0.25, -0.2) is 4.98 Å². The molecule has 2 rings (SSSR count). The zero-order valence-corrected chi connectivity index (χ0v) is 14.0. The first-order chi connectivity index (χ1) is 10.1. The van der Waals surface area contributed by atoms with E-state index in [-0.39, 0.29) is 12.4 Å². The summed E-state index contributed by atoms with van der Waals surface area (Å²) in [5.41, 5.74) is 0.818. The fraction of sp³-hybridized carbons (Fsp3) is 0.733. The summed E-state index contributed by atoms with van der Waals surface area (Å²) in [5.74, 6) is 0.517. The lowest BCUT2D eigenvalue weighted by Gasteiger charge is -2.35. The molecule has 0 atom stereocenters. The summed E-state index contributed by atoms with van der Waals surface area (Å²) < 4.78 is 4.96. The molecule has 2 heterocycles. The van der Waals surface area contributed by atoms with Crippen molar-refractivity contribution in [1.82, 2.24) is 9.88 Å². The Balaban J connectivity index is 1.84. The van der Waals surface area contributed by atoms with Gasteiger partial charge in [0.2, 0.25) is 0 Å². The number of carbonyl (C=O) groups excluding carboxylic acids is 1. The highest BCUT2D eigenvalue weighted by Gasteiger charge is 2.20. The van der Waals surface area contributed by atoms with Gasteiger partial charge < -0.3 is 9.64 Å². The summed E-state index contributed by atoms with van der Waals surface area (Å²) >= 11 is 1.62. The Morgan fingerprint density at radius 3 is 2.71 bits per heavy atom. The molecule has 1 aliphatic heterocycles. The second-order valence-corrected chi connectivity index (χ2v) is 6.62. The third-order valence-corrected chi connectivity index (χ3v) is 4.39. The molecular formula is C15H25N3O2S. The molecule has 0 amide bonds. The molecule has 1 aromatic heterocycles. The van der Waals surface area contributed by atoms with E-state index in [0.717, 1.165) is 37.0 Å². The van der Waals surface area contributed by atoms with Crippen LogP contribution in [0.3, 0.4) is 0 Å². The average molecular weight is 311 g/mol. The first kappa shape index (κ1) is 16.2. The van der Waals surface area contributed by atoms with Crippen LogP contribution in [0.1, 0.15) is 26.5 Å². The van der Waals surface area contributed by atoms with Crippen molar-refractivity contribution in [1.29, 1.82) is 0 Å². The molecule has 1 aliphatic rings. The Kier molecular flexibility index (Phi) is 5.99. The van der Waals surface area contributed by atoms with Crippen molar-refractivity contribution in [3.05, 3.63) is 11.1 Å². The Morgan fingerprint density at radius 2 is 2.10 bits per heavy atom. The van der Waals surface area contributed by atoms with Gasteiger partial charge in [0.15, 0.2) is 5.13 Å². The maximum atomic E-state index is 11.5. The van der Waals surface area contributed by atoms with Gasteiger partial charge in [-0.1, -0.05) is 13.8 Å². The van der Waals surface area contributed by atoms with Crippen molar-refractivity contribution in [3.8, 4) is 0 Å². The third kappa shape index (κ3) is 4.97. The molecular weight excluding hydrogens is 286 g/mol. The number of piperazine rings is 1. The van der Waals surface area contributed by atoms with Gasteiger partial charge in [0.1, 0.15) is 0 Å². The Bertz CT molecular complexity index is 454. The van der Waals surface area contributed by atoms with Gasteiger partial charge in [0, 0.05) is 38.1 Å². The van der Waals surface area contributed by atoms with Crippen LogP contribution in [0.4, 0.5) is 5.13 Å². The number of hydrogen-bond donors (Lipinski definition) is 0. The molecule has 118 valence electrons. The fourth-order valence-corrected chi connectivity index (χ4v) is 3.40. The van der Waals surface area contributed by atoms with Crippen LogP contribution in [-0.2, 0) is 16.0 Å². The molecule has 21 heavy (non-hydrogen) atoms. The van der Waals surface area contributed by atoms with E-state index in [1.807, 2.05) is 12.3 Å². The molecule has 1 fully saturated rings. The standard InChI is InChI=1S/C15H25N3O2S/c1-4-20-14(19)9-13-11-21-15(16-13)18-7-5-17(6-8-18)10-12(2)3/h11-12H,4-10H2,1-3H3. The first-order valence-electron chi connectivity index (χ1n) is 7.65. The average Bonchev–Trinajstić information content (AvgIpc) is 2.87. The van der Waals surface area contributed by atoms with E-state index in [2.05, 4.69) is 28.6 Å². The number of ether oxygens (including phenoxy) is 1. The summed E-state index contributed by atoms with van der Waals surface area (Å²) in [6.07, 6.45) is 0.275. The Morgan fingerprint density at radius 1 is 1.38 bits per heavy atom. The molecule has 0 radical (unpaired) electrons. The van der Waals surface area contributed by atoms with Crippen molar-refractivity contribution in [2.45, 2.75) is 27.2 Å². The topological polar surface area (TPSA) is 45.7 Å². The second-order valence-electron chi connectivity index (χ2n) is 5.78. The number of thiazole rings is 1. The molecule has 0 saturated carbocycles.